The summed E-state index contributed by atoms with van der Waals surface area (Å²) in [7, 11) is 1.77. The second kappa shape index (κ2) is 5.75. The first-order chi connectivity index (χ1) is 8.61. The average Bonchev–Trinajstić information content (AvgIpc) is 3.12. The summed E-state index contributed by atoms with van der Waals surface area (Å²) in [5.41, 5.74) is 3.92. The van der Waals surface area contributed by atoms with Gasteiger partial charge in [-0.05, 0) is 56.7 Å². The molecule has 1 atom stereocenters. The number of nitrogens with one attached hydrogen (secondary N) is 1. The lowest BCUT2D eigenvalue weighted by Gasteiger charge is -2.18. The number of methoxy groups -OCH3 is 1. The van der Waals surface area contributed by atoms with Crippen molar-refractivity contribution in [1.82, 2.24) is 5.32 Å². The third-order valence-electron chi connectivity index (χ3n) is 3.77. The molecular formula is C16H25NO. The van der Waals surface area contributed by atoms with Crippen molar-refractivity contribution >= 4 is 0 Å². The van der Waals surface area contributed by atoms with Gasteiger partial charge in [0.05, 0.1) is 7.11 Å². The van der Waals surface area contributed by atoms with Crippen LogP contribution in [0.15, 0.2) is 12.1 Å². The molecule has 1 aromatic rings. The van der Waals surface area contributed by atoms with Gasteiger partial charge in [-0.1, -0.05) is 24.6 Å². The van der Waals surface area contributed by atoms with Gasteiger partial charge in [-0.2, -0.15) is 0 Å². The van der Waals surface area contributed by atoms with E-state index in [4.69, 9.17) is 4.74 Å². The molecule has 1 unspecified atom stereocenters. The Hall–Kier alpha value is -1.02. The molecule has 0 heterocycles. The average molecular weight is 247 g/mol. The Labute approximate surface area is 111 Å². The molecule has 2 heteroatoms. The number of aryl methyl sites for hydroxylation is 2. The van der Waals surface area contributed by atoms with E-state index >= 15 is 0 Å². The zero-order chi connectivity index (χ0) is 13.1. The smallest absolute Gasteiger partial charge is 0.125 e. The summed E-state index contributed by atoms with van der Waals surface area (Å²) in [4.78, 5) is 0. The van der Waals surface area contributed by atoms with Crippen molar-refractivity contribution in [2.24, 2.45) is 0 Å². The molecule has 1 aromatic carbocycles. The maximum absolute atomic E-state index is 5.57. The Morgan fingerprint density at radius 1 is 1.33 bits per heavy atom. The molecule has 0 saturated heterocycles. The van der Waals surface area contributed by atoms with Crippen LogP contribution in [0.5, 0.6) is 5.75 Å². The Kier molecular flexibility index (Phi) is 4.28. The van der Waals surface area contributed by atoms with E-state index in [0.717, 1.165) is 18.3 Å². The van der Waals surface area contributed by atoms with E-state index in [2.05, 4.69) is 38.2 Å². The fourth-order valence-electron chi connectivity index (χ4n) is 2.58. The molecule has 0 spiro atoms. The second-order valence-electron chi connectivity index (χ2n) is 5.62. The second-order valence-corrected chi connectivity index (χ2v) is 5.62. The summed E-state index contributed by atoms with van der Waals surface area (Å²) in [6.07, 6.45) is 3.90. The summed E-state index contributed by atoms with van der Waals surface area (Å²) < 4.78 is 5.57. The lowest BCUT2D eigenvalue weighted by molar-refractivity contribution is 0.401. The van der Waals surface area contributed by atoms with E-state index in [1.54, 1.807) is 7.11 Å². The molecular weight excluding hydrogens is 222 g/mol. The first-order valence-corrected chi connectivity index (χ1v) is 7.00. The van der Waals surface area contributed by atoms with Gasteiger partial charge in [0.2, 0.25) is 0 Å². The van der Waals surface area contributed by atoms with Gasteiger partial charge in [0.15, 0.2) is 0 Å². The molecule has 18 heavy (non-hydrogen) atoms. The van der Waals surface area contributed by atoms with Gasteiger partial charge in [-0.15, -0.1) is 0 Å². The maximum atomic E-state index is 5.57. The van der Waals surface area contributed by atoms with Crippen molar-refractivity contribution in [2.75, 3.05) is 13.7 Å². The third kappa shape index (κ3) is 3.26. The SMILES string of the molecule is COc1c(C)cc(C)cc1C(C)CCNC1CC1. The zero-order valence-electron chi connectivity index (χ0n) is 12.0. The number of hydrogen-bond acceptors (Lipinski definition) is 2. The topological polar surface area (TPSA) is 21.3 Å². The molecule has 0 bridgehead atoms. The quantitative estimate of drug-likeness (QED) is 0.830. The van der Waals surface area contributed by atoms with Crippen LogP contribution in [0.4, 0.5) is 0 Å². The van der Waals surface area contributed by atoms with Crippen LogP contribution >= 0.6 is 0 Å². The van der Waals surface area contributed by atoms with Crippen molar-refractivity contribution in [1.29, 1.82) is 0 Å². The molecule has 0 amide bonds. The molecule has 1 aliphatic rings. The van der Waals surface area contributed by atoms with Gasteiger partial charge in [0, 0.05) is 6.04 Å². The minimum atomic E-state index is 0.546. The maximum Gasteiger partial charge on any atom is 0.125 e. The minimum absolute atomic E-state index is 0.546. The van der Waals surface area contributed by atoms with E-state index in [1.807, 2.05) is 0 Å². The van der Waals surface area contributed by atoms with Crippen molar-refractivity contribution < 1.29 is 4.74 Å². The van der Waals surface area contributed by atoms with E-state index < -0.39 is 0 Å². The number of rotatable bonds is 6. The van der Waals surface area contributed by atoms with E-state index in [0.29, 0.717) is 5.92 Å². The highest BCUT2D eigenvalue weighted by Gasteiger charge is 2.21. The predicted molar refractivity (Wildman–Crippen MR) is 76.5 cm³/mol. The number of benzene rings is 1. The highest BCUT2D eigenvalue weighted by molar-refractivity contribution is 5.45. The van der Waals surface area contributed by atoms with Gasteiger partial charge >= 0.3 is 0 Å². The molecule has 0 radical (unpaired) electrons. The van der Waals surface area contributed by atoms with Crippen molar-refractivity contribution in [3.63, 3.8) is 0 Å². The Bertz CT molecular complexity index is 410. The molecule has 100 valence electrons. The summed E-state index contributed by atoms with van der Waals surface area (Å²) >= 11 is 0. The molecule has 0 aromatic heterocycles. The lowest BCUT2D eigenvalue weighted by atomic mass is 9.93. The summed E-state index contributed by atoms with van der Waals surface area (Å²) in [6, 6.07) is 5.27. The van der Waals surface area contributed by atoms with Crippen molar-refractivity contribution in [3.05, 3.63) is 28.8 Å². The van der Waals surface area contributed by atoms with Gasteiger partial charge in [0.25, 0.3) is 0 Å². The van der Waals surface area contributed by atoms with Crippen LogP contribution in [0.1, 0.15) is 48.8 Å². The van der Waals surface area contributed by atoms with E-state index in [9.17, 15) is 0 Å². The molecule has 2 rings (SSSR count). The van der Waals surface area contributed by atoms with E-state index in [1.165, 1.54) is 36.0 Å². The normalized spacial score (nSPS) is 16.7. The number of ether oxygens (including phenoxy) is 1. The monoisotopic (exact) mass is 247 g/mol. The summed E-state index contributed by atoms with van der Waals surface area (Å²) in [5, 5.41) is 3.58. The number of hydrogen-bond donors (Lipinski definition) is 1. The van der Waals surface area contributed by atoms with Crippen LogP contribution < -0.4 is 10.1 Å². The Morgan fingerprint density at radius 2 is 2.06 bits per heavy atom. The van der Waals surface area contributed by atoms with Crippen molar-refractivity contribution in [3.8, 4) is 5.75 Å². The summed E-state index contributed by atoms with van der Waals surface area (Å²) in [5.74, 6) is 1.62. The first kappa shape index (κ1) is 13.4. The lowest BCUT2D eigenvalue weighted by Crippen LogP contribution is -2.19. The Morgan fingerprint density at radius 3 is 2.67 bits per heavy atom. The molecule has 1 fully saturated rings. The predicted octanol–water partition coefficient (Wildman–Crippen LogP) is 3.56. The zero-order valence-corrected chi connectivity index (χ0v) is 12.0. The molecule has 0 aliphatic heterocycles. The molecule has 1 saturated carbocycles. The highest BCUT2D eigenvalue weighted by atomic mass is 16.5. The largest absolute Gasteiger partial charge is 0.496 e. The molecule has 2 nitrogen and oxygen atoms in total. The first-order valence-electron chi connectivity index (χ1n) is 7.00. The van der Waals surface area contributed by atoms with Crippen LogP contribution in [0.3, 0.4) is 0 Å². The minimum Gasteiger partial charge on any atom is -0.496 e. The standard InChI is InChI=1S/C16H25NO/c1-11-9-13(3)16(18-4)15(10-11)12(2)7-8-17-14-5-6-14/h9-10,12,14,17H,5-8H2,1-4H3. The third-order valence-corrected chi connectivity index (χ3v) is 3.77. The van der Waals surface area contributed by atoms with Crippen LogP contribution in [0, 0.1) is 13.8 Å². The summed E-state index contributed by atoms with van der Waals surface area (Å²) in [6.45, 7) is 7.70. The van der Waals surface area contributed by atoms with Gasteiger partial charge < -0.3 is 10.1 Å². The van der Waals surface area contributed by atoms with Crippen LogP contribution in [-0.2, 0) is 0 Å². The molecule has 1 aliphatic carbocycles. The van der Waals surface area contributed by atoms with Crippen LogP contribution in [0.25, 0.3) is 0 Å². The van der Waals surface area contributed by atoms with Crippen LogP contribution in [-0.4, -0.2) is 19.7 Å². The highest BCUT2D eigenvalue weighted by Crippen LogP contribution is 2.32. The van der Waals surface area contributed by atoms with Gasteiger partial charge in [-0.3, -0.25) is 0 Å². The molecule has 1 N–H and O–H groups in total. The fraction of sp³-hybridized carbons (Fsp3) is 0.625. The Balaban J connectivity index is 2.04. The van der Waals surface area contributed by atoms with Crippen molar-refractivity contribution in [2.45, 2.75) is 52.0 Å². The fourth-order valence-corrected chi connectivity index (χ4v) is 2.58. The van der Waals surface area contributed by atoms with Gasteiger partial charge in [0.1, 0.15) is 5.75 Å². The van der Waals surface area contributed by atoms with Crippen LogP contribution in [0.2, 0.25) is 0 Å². The van der Waals surface area contributed by atoms with Gasteiger partial charge in [-0.25, -0.2) is 0 Å². The van der Waals surface area contributed by atoms with E-state index in [-0.39, 0.29) is 0 Å².